The minimum atomic E-state index is -0.104. The smallest absolute Gasteiger partial charge is 0.191 e. The van der Waals surface area contributed by atoms with Gasteiger partial charge in [-0.3, -0.25) is 9.67 Å². The molecule has 0 saturated heterocycles. The standard InChI is InChI=1S/C21H34N6/c1-5-22-20(23-13-9-15-27-16-10-14-25-27)24-17-21(3,4)26-18(2)19-11-7-6-8-12-19/h6-8,10-12,14,16,18,26H,5,9,13,15,17H2,1-4H3,(H2,22,23,24). The highest BCUT2D eigenvalue weighted by Crippen LogP contribution is 2.16. The molecule has 6 nitrogen and oxygen atoms in total. The van der Waals surface area contributed by atoms with Gasteiger partial charge in [-0.05, 0) is 45.7 Å². The zero-order chi connectivity index (χ0) is 19.5. The molecule has 1 heterocycles. The van der Waals surface area contributed by atoms with Gasteiger partial charge in [0.05, 0.1) is 6.54 Å². The molecule has 0 radical (unpaired) electrons. The van der Waals surface area contributed by atoms with Crippen LogP contribution in [0, 0.1) is 0 Å². The van der Waals surface area contributed by atoms with Gasteiger partial charge in [0.15, 0.2) is 5.96 Å². The number of nitrogens with one attached hydrogen (secondary N) is 3. The van der Waals surface area contributed by atoms with Crippen molar-refractivity contribution in [3.8, 4) is 0 Å². The molecule has 2 aromatic rings. The molecule has 0 amide bonds. The van der Waals surface area contributed by atoms with Gasteiger partial charge in [0.1, 0.15) is 0 Å². The predicted octanol–water partition coefficient (Wildman–Crippen LogP) is 2.96. The second kappa shape index (κ2) is 10.7. The number of benzene rings is 1. The van der Waals surface area contributed by atoms with Gasteiger partial charge in [-0.25, -0.2) is 0 Å². The molecule has 0 aliphatic carbocycles. The molecule has 0 spiro atoms. The van der Waals surface area contributed by atoms with E-state index in [1.54, 1.807) is 0 Å². The van der Waals surface area contributed by atoms with Gasteiger partial charge in [0.2, 0.25) is 0 Å². The minimum Gasteiger partial charge on any atom is -0.357 e. The molecule has 1 unspecified atom stereocenters. The predicted molar refractivity (Wildman–Crippen MR) is 113 cm³/mol. The number of hydrogen-bond donors (Lipinski definition) is 3. The van der Waals surface area contributed by atoms with Crippen LogP contribution in [0.2, 0.25) is 0 Å². The maximum Gasteiger partial charge on any atom is 0.191 e. The summed E-state index contributed by atoms with van der Waals surface area (Å²) < 4.78 is 1.95. The first kappa shape index (κ1) is 21.0. The molecule has 0 aliphatic rings. The van der Waals surface area contributed by atoms with Gasteiger partial charge in [0.25, 0.3) is 0 Å². The summed E-state index contributed by atoms with van der Waals surface area (Å²) in [5.41, 5.74) is 1.19. The minimum absolute atomic E-state index is 0.104. The van der Waals surface area contributed by atoms with Crippen LogP contribution in [-0.4, -0.2) is 40.9 Å². The van der Waals surface area contributed by atoms with Crippen LogP contribution in [0.5, 0.6) is 0 Å². The van der Waals surface area contributed by atoms with Crippen LogP contribution in [0.1, 0.15) is 45.7 Å². The van der Waals surface area contributed by atoms with Crippen LogP contribution in [0.25, 0.3) is 0 Å². The molecule has 2 rings (SSSR count). The first-order chi connectivity index (χ1) is 13.0. The third-order valence-electron chi connectivity index (χ3n) is 4.30. The Kier molecular flexibility index (Phi) is 8.33. The van der Waals surface area contributed by atoms with Crippen molar-refractivity contribution in [1.82, 2.24) is 25.7 Å². The van der Waals surface area contributed by atoms with E-state index < -0.39 is 0 Å². The maximum absolute atomic E-state index is 4.78. The SMILES string of the molecule is CCNC(=NCC(C)(C)NC(C)c1ccccc1)NCCCn1cccn1. The molecule has 27 heavy (non-hydrogen) atoms. The number of aromatic nitrogens is 2. The fourth-order valence-corrected chi connectivity index (χ4v) is 2.96. The van der Waals surface area contributed by atoms with Crippen LogP contribution in [0.15, 0.2) is 53.8 Å². The largest absolute Gasteiger partial charge is 0.357 e. The van der Waals surface area contributed by atoms with Crippen molar-refractivity contribution in [3.05, 3.63) is 54.4 Å². The van der Waals surface area contributed by atoms with Crippen molar-refractivity contribution in [2.45, 2.75) is 52.2 Å². The molecular formula is C21H34N6. The van der Waals surface area contributed by atoms with Crippen molar-refractivity contribution >= 4 is 5.96 Å². The molecule has 0 fully saturated rings. The van der Waals surface area contributed by atoms with Crippen LogP contribution >= 0.6 is 0 Å². The van der Waals surface area contributed by atoms with E-state index in [0.717, 1.165) is 32.0 Å². The number of guanidine groups is 1. The second-order valence-corrected chi connectivity index (χ2v) is 7.41. The van der Waals surface area contributed by atoms with E-state index in [0.29, 0.717) is 6.54 Å². The number of hydrogen-bond acceptors (Lipinski definition) is 3. The molecule has 6 heteroatoms. The lowest BCUT2D eigenvalue weighted by Gasteiger charge is -2.29. The average Bonchev–Trinajstić information content (AvgIpc) is 3.17. The first-order valence-corrected chi connectivity index (χ1v) is 9.82. The van der Waals surface area contributed by atoms with E-state index in [2.05, 4.69) is 73.0 Å². The zero-order valence-corrected chi connectivity index (χ0v) is 17.1. The van der Waals surface area contributed by atoms with Crippen molar-refractivity contribution in [2.75, 3.05) is 19.6 Å². The molecule has 0 aliphatic heterocycles. The molecule has 148 valence electrons. The van der Waals surface area contributed by atoms with E-state index in [1.165, 1.54) is 5.56 Å². The van der Waals surface area contributed by atoms with Crippen LogP contribution in [-0.2, 0) is 6.54 Å². The summed E-state index contributed by atoms with van der Waals surface area (Å²) in [6.45, 7) is 12.0. The van der Waals surface area contributed by atoms with E-state index in [9.17, 15) is 0 Å². The Balaban J connectivity index is 1.82. The molecule has 0 saturated carbocycles. The van der Waals surface area contributed by atoms with E-state index in [1.807, 2.05) is 29.2 Å². The highest BCUT2D eigenvalue weighted by atomic mass is 15.3. The number of aliphatic imine (C=N–C) groups is 1. The Morgan fingerprint density at radius 1 is 1.19 bits per heavy atom. The van der Waals surface area contributed by atoms with Crippen molar-refractivity contribution in [1.29, 1.82) is 0 Å². The fraction of sp³-hybridized carbons (Fsp3) is 0.524. The Labute approximate surface area is 163 Å². The van der Waals surface area contributed by atoms with Gasteiger partial charge >= 0.3 is 0 Å². The van der Waals surface area contributed by atoms with Crippen molar-refractivity contribution in [2.24, 2.45) is 4.99 Å². The van der Waals surface area contributed by atoms with Gasteiger partial charge in [-0.15, -0.1) is 0 Å². The van der Waals surface area contributed by atoms with Gasteiger partial charge in [-0.2, -0.15) is 5.10 Å². The van der Waals surface area contributed by atoms with Crippen LogP contribution in [0.4, 0.5) is 0 Å². The maximum atomic E-state index is 4.78. The highest BCUT2D eigenvalue weighted by Gasteiger charge is 2.20. The molecule has 1 atom stereocenters. The third kappa shape index (κ3) is 7.83. The lowest BCUT2D eigenvalue weighted by Crippen LogP contribution is -2.45. The quantitative estimate of drug-likeness (QED) is 0.342. The Morgan fingerprint density at radius 2 is 1.96 bits per heavy atom. The monoisotopic (exact) mass is 370 g/mol. The molecule has 1 aromatic carbocycles. The number of nitrogens with zero attached hydrogens (tertiary/aromatic N) is 3. The van der Waals surface area contributed by atoms with Crippen molar-refractivity contribution in [3.63, 3.8) is 0 Å². The Bertz CT molecular complexity index is 663. The zero-order valence-electron chi connectivity index (χ0n) is 17.1. The van der Waals surface area contributed by atoms with E-state index in [4.69, 9.17) is 4.99 Å². The average molecular weight is 371 g/mol. The molecule has 3 N–H and O–H groups in total. The van der Waals surface area contributed by atoms with Gasteiger partial charge in [0, 0.05) is 43.6 Å². The summed E-state index contributed by atoms with van der Waals surface area (Å²) in [6.07, 6.45) is 4.80. The molecule has 1 aromatic heterocycles. The first-order valence-electron chi connectivity index (χ1n) is 9.82. The topological polar surface area (TPSA) is 66.3 Å². The van der Waals surface area contributed by atoms with Crippen molar-refractivity contribution < 1.29 is 0 Å². The summed E-state index contributed by atoms with van der Waals surface area (Å²) in [4.78, 5) is 4.78. The third-order valence-corrected chi connectivity index (χ3v) is 4.30. The summed E-state index contributed by atoms with van der Waals surface area (Å²) >= 11 is 0. The van der Waals surface area contributed by atoms with Crippen LogP contribution < -0.4 is 16.0 Å². The lowest BCUT2D eigenvalue weighted by atomic mass is 10.0. The summed E-state index contributed by atoms with van der Waals surface area (Å²) in [7, 11) is 0. The highest BCUT2D eigenvalue weighted by molar-refractivity contribution is 5.79. The normalized spacial score (nSPS) is 13.4. The Hall–Kier alpha value is -2.34. The van der Waals surface area contributed by atoms with Crippen LogP contribution in [0.3, 0.4) is 0 Å². The number of rotatable bonds is 10. The van der Waals surface area contributed by atoms with E-state index >= 15 is 0 Å². The fourth-order valence-electron chi connectivity index (χ4n) is 2.96. The van der Waals surface area contributed by atoms with Gasteiger partial charge < -0.3 is 16.0 Å². The van der Waals surface area contributed by atoms with E-state index in [-0.39, 0.29) is 11.6 Å². The summed E-state index contributed by atoms with van der Waals surface area (Å²) in [5, 5.41) is 14.6. The second-order valence-electron chi connectivity index (χ2n) is 7.41. The summed E-state index contributed by atoms with van der Waals surface area (Å²) in [6, 6.07) is 12.7. The number of aryl methyl sites for hydroxylation is 1. The van der Waals surface area contributed by atoms with Gasteiger partial charge in [-0.1, -0.05) is 30.3 Å². The lowest BCUT2D eigenvalue weighted by molar-refractivity contribution is 0.356. The molecular weight excluding hydrogens is 336 g/mol. The summed E-state index contributed by atoms with van der Waals surface area (Å²) in [5.74, 6) is 0.861. The Morgan fingerprint density at radius 3 is 2.63 bits per heavy atom. The molecule has 0 bridgehead atoms.